The van der Waals surface area contributed by atoms with E-state index in [9.17, 15) is 4.79 Å². The molecule has 0 aliphatic rings. The molecule has 0 aliphatic carbocycles. The summed E-state index contributed by atoms with van der Waals surface area (Å²) in [4.78, 5) is 11.0. The van der Waals surface area contributed by atoms with Gasteiger partial charge in [-0.25, -0.2) is 0 Å². The molecule has 0 saturated carbocycles. The Bertz CT molecular complexity index is 292. The molecule has 0 amide bonds. The SMILES string of the molecule is COc1c(CN)occc1=O. The van der Waals surface area contributed by atoms with Crippen LogP contribution in [0.3, 0.4) is 0 Å². The van der Waals surface area contributed by atoms with Crippen LogP contribution >= 0.6 is 0 Å². The van der Waals surface area contributed by atoms with Crippen LogP contribution in [0, 0.1) is 0 Å². The molecule has 0 fully saturated rings. The molecule has 0 radical (unpaired) electrons. The molecule has 0 saturated heterocycles. The summed E-state index contributed by atoms with van der Waals surface area (Å²) in [6.45, 7) is 0.166. The highest BCUT2D eigenvalue weighted by atomic mass is 16.5. The highest BCUT2D eigenvalue weighted by Crippen LogP contribution is 2.09. The summed E-state index contributed by atoms with van der Waals surface area (Å²) in [5.74, 6) is 0.565. The molecule has 1 rings (SSSR count). The molecular weight excluding hydrogens is 146 g/mol. The second kappa shape index (κ2) is 3.21. The Hall–Kier alpha value is -1.29. The van der Waals surface area contributed by atoms with Crippen molar-refractivity contribution in [2.75, 3.05) is 7.11 Å². The van der Waals surface area contributed by atoms with Gasteiger partial charge in [-0.1, -0.05) is 0 Å². The Labute approximate surface area is 63.6 Å². The number of rotatable bonds is 2. The van der Waals surface area contributed by atoms with Crippen LogP contribution in [0.2, 0.25) is 0 Å². The van der Waals surface area contributed by atoms with Gasteiger partial charge in [0.15, 0.2) is 5.76 Å². The average molecular weight is 155 g/mol. The smallest absolute Gasteiger partial charge is 0.227 e. The van der Waals surface area contributed by atoms with Crippen molar-refractivity contribution >= 4 is 0 Å². The lowest BCUT2D eigenvalue weighted by Crippen LogP contribution is -2.09. The fourth-order valence-corrected chi connectivity index (χ4v) is 0.800. The van der Waals surface area contributed by atoms with Gasteiger partial charge >= 0.3 is 0 Å². The molecule has 4 heteroatoms. The van der Waals surface area contributed by atoms with Crippen molar-refractivity contribution in [1.82, 2.24) is 0 Å². The van der Waals surface area contributed by atoms with Crippen molar-refractivity contribution < 1.29 is 9.15 Å². The Morgan fingerprint density at radius 1 is 1.73 bits per heavy atom. The minimum atomic E-state index is -0.209. The van der Waals surface area contributed by atoms with Crippen LogP contribution in [-0.2, 0) is 6.54 Å². The van der Waals surface area contributed by atoms with Crippen molar-refractivity contribution in [2.45, 2.75) is 6.54 Å². The Kier molecular flexibility index (Phi) is 2.28. The number of nitrogens with two attached hydrogens (primary N) is 1. The molecule has 0 aromatic carbocycles. The number of hydrogen-bond acceptors (Lipinski definition) is 4. The second-order valence-corrected chi connectivity index (χ2v) is 1.95. The first-order valence-electron chi connectivity index (χ1n) is 3.14. The highest BCUT2D eigenvalue weighted by Gasteiger charge is 2.05. The van der Waals surface area contributed by atoms with E-state index in [1.807, 2.05) is 0 Å². The van der Waals surface area contributed by atoms with E-state index >= 15 is 0 Å². The molecule has 0 bridgehead atoms. The van der Waals surface area contributed by atoms with Gasteiger partial charge in [0.25, 0.3) is 0 Å². The first kappa shape index (κ1) is 7.81. The molecule has 0 spiro atoms. The summed E-state index contributed by atoms with van der Waals surface area (Å²) < 4.78 is 9.71. The predicted octanol–water partition coefficient (Wildman–Crippen LogP) is 0.107. The standard InChI is InChI=1S/C7H9NO3/c1-10-7-5(9)2-3-11-6(7)4-8/h2-3H,4,8H2,1H3. The van der Waals surface area contributed by atoms with Crippen molar-refractivity contribution in [1.29, 1.82) is 0 Å². The minimum Gasteiger partial charge on any atom is -0.490 e. The lowest BCUT2D eigenvalue weighted by atomic mass is 10.3. The summed E-state index contributed by atoms with van der Waals surface area (Å²) in [6.07, 6.45) is 1.30. The van der Waals surface area contributed by atoms with Gasteiger partial charge in [-0.3, -0.25) is 4.79 Å². The molecule has 1 aromatic heterocycles. The van der Waals surface area contributed by atoms with E-state index in [0.717, 1.165) is 0 Å². The molecule has 60 valence electrons. The Morgan fingerprint density at radius 3 is 2.91 bits per heavy atom. The van der Waals surface area contributed by atoms with Crippen LogP contribution in [0.1, 0.15) is 5.76 Å². The Balaban J connectivity index is 3.24. The van der Waals surface area contributed by atoms with E-state index in [-0.39, 0.29) is 17.7 Å². The fourth-order valence-electron chi connectivity index (χ4n) is 0.800. The second-order valence-electron chi connectivity index (χ2n) is 1.95. The van der Waals surface area contributed by atoms with E-state index in [2.05, 4.69) is 0 Å². The van der Waals surface area contributed by atoms with Crippen molar-refractivity contribution in [3.8, 4) is 5.75 Å². The van der Waals surface area contributed by atoms with Crippen LogP contribution in [-0.4, -0.2) is 7.11 Å². The van der Waals surface area contributed by atoms with Crippen molar-refractivity contribution in [3.63, 3.8) is 0 Å². The van der Waals surface area contributed by atoms with Gasteiger partial charge in [0.1, 0.15) is 0 Å². The molecule has 0 atom stereocenters. The molecule has 11 heavy (non-hydrogen) atoms. The zero-order chi connectivity index (χ0) is 8.27. The maximum absolute atomic E-state index is 11.0. The third kappa shape index (κ3) is 1.40. The first-order valence-corrected chi connectivity index (χ1v) is 3.14. The topological polar surface area (TPSA) is 65.5 Å². The first-order chi connectivity index (χ1) is 5.29. The van der Waals surface area contributed by atoms with Crippen LogP contribution < -0.4 is 15.9 Å². The predicted molar refractivity (Wildman–Crippen MR) is 39.4 cm³/mol. The maximum atomic E-state index is 11.0. The van der Waals surface area contributed by atoms with Crippen LogP contribution in [0.5, 0.6) is 5.75 Å². The number of hydrogen-bond donors (Lipinski definition) is 1. The van der Waals surface area contributed by atoms with E-state index in [1.165, 1.54) is 19.4 Å². The third-order valence-corrected chi connectivity index (χ3v) is 1.30. The summed E-state index contributed by atoms with van der Waals surface area (Å²) in [5.41, 5.74) is 5.07. The normalized spacial score (nSPS) is 9.64. The lowest BCUT2D eigenvalue weighted by molar-refractivity contribution is 0.368. The summed E-state index contributed by atoms with van der Waals surface area (Å²) in [7, 11) is 1.41. The third-order valence-electron chi connectivity index (χ3n) is 1.30. The summed E-state index contributed by atoms with van der Waals surface area (Å²) in [5, 5.41) is 0. The van der Waals surface area contributed by atoms with Gasteiger partial charge in [0, 0.05) is 6.07 Å². The largest absolute Gasteiger partial charge is 0.490 e. The molecular formula is C7H9NO3. The van der Waals surface area contributed by atoms with E-state index in [1.54, 1.807) is 0 Å². The van der Waals surface area contributed by atoms with Gasteiger partial charge in [0.2, 0.25) is 11.2 Å². The summed E-state index contributed by atoms with van der Waals surface area (Å²) >= 11 is 0. The van der Waals surface area contributed by atoms with Crippen molar-refractivity contribution in [3.05, 3.63) is 28.3 Å². The van der Waals surface area contributed by atoms with Gasteiger partial charge in [0.05, 0.1) is 19.9 Å². The van der Waals surface area contributed by atoms with Crippen LogP contribution in [0.15, 0.2) is 21.5 Å². The van der Waals surface area contributed by atoms with Gasteiger partial charge < -0.3 is 14.9 Å². The zero-order valence-corrected chi connectivity index (χ0v) is 6.16. The molecule has 1 heterocycles. The van der Waals surface area contributed by atoms with Crippen molar-refractivity contribution in [2.24, 2.45) is 5.73 Å². The minimum absolute atomic E-state index is 0.166. The van der Waals surface area contributed by atoms with E-state index < -0.39 is 0 Å². The van der Waals surface area contributed by atoms with Crippen LogP contribution in [0.4, 0.5) is 0 Å². The molecule has 0 unspecified atom stereocenters. The molecule has 4 nitrogen and oxygen atoms in total. The monoisotopic (exact) mass is 155 g/mol. The van der Waals surface area contributed by atoms with E-state index in [4.69, 9.17) is 14.9 Å². The van der Waals surface area contributed by atoms with Gasteiger partial charge in [-0.2, -0.15) is 0 Å². The van der Waals surface area contributed by atoms with E-state index in [0.29, 0.717) is 5.76 Å². The zero-order valence-electron chi connectivity index (χ0n) is 6.16. The fraction of sp³-hybridized carbons (Fsp3) is 0.286. The maximum Gasteiger partial charge on any atom is 0.227 e. The Morgan fingerprint density at radius 2 is 2.45 bits per heavy atom. The summed E-state index contributed by atoms with van der Waals surface area (Å²) in [6, 6.07) is 1.29. The molecule has 1 aromatic rings. The van der Waals surface area contributed by atoms with Gasteiger partial charge in [-0.05, 0) is 0 Å². The van der Waals surface area contributed by atoms with Gasteiger partial charge in [-0.15, -0.1) is 0 Å². The number of ether oxygens (including phenoxy) is 1. The molecule has 0 aliphatic heterocycles. The van der Waals surface area contributed by atoms with Crippen LogP contribution in [0.25, 0.3) is 0 Å². The molecule has 2 N–H and O–H groups in total. The average Bonchev–Trinajstić information content (AvgIpc) is 2.04. The number of methoxy groups -OCH3 is 1. The highest BCUT2D eigenvalue weighted by molar-refractivity contribution is 5.23. The quantitative estimate of drug-likeness (QED) is 0.658. The lowest BCUT2D eigenvalue weighted by Gasteiger charge is -2.01.